The molecule has 7 heteroatoms. The van der Waals surface area contributed by atoms with E-state index in [0.29, 0.717) is 45.0 Å². The van der Waals surface area contributed by atoms with Gasteiger partial charge < -0.3 is 19.7 Å². The number of hydrogen-bond acceptors (Lipinski definition) is 6. The van der Waals surface area contributed by atoms with Gasteiger partial charge in [0.1, 0.15) is 5.60 Å². The summed E-state index contributed by atoms with van der Waals surface area (Å²) in [7, 11) is 0. The first kappa shape index (κ1) is 15.0. The Kier molecular flexibility index (Phi) is 4.02. The van der Waals surface area contributed by atoms with E-state index >= 15 is 0 Å². The molecule has 0 bridgehead atoms. The van der Waals surface area contributed by atoms with Crippen LogP contribution in [0.4, 0.5) is 0 Å². The van der Waals surface area contributed by atoms with Crippen LogP contribution < -0.4 is 5.32 Å². The van der Waals surface area contributed by atoms with Crippen molar-refractivity contribution in [1.82, 2.24) is 15.2 Å². The van der Waals surface area contributed by atoms with Crippen LogP contribution in [0.15, 0.2) is 23.7 Å². The molecule has 1 atom stereocenters. The van der Waals surface area contributed by atoms with Crippen molar-refractivity contribution < 1.29 is 14.3 Å². The number of benzene rings is 1. The highest BCUT2D eigenvalue weighted by atomic mass is 32.1. The Morgan fingerprint density at radius 2 is 2.35 bits per heavy atom. The number of thiazole rings is 1. The predicted octanol–water partition coefficient (Wildman–Crippen LogP) is 1.13. The van der Waals surface area contributed by atoms with E-state index in [1.165, 1.54) is 0 Å². The Morgan fingerprint density at radius 3 is 3.30 bits per heavy atom. The van der Waals surface area contributed by atoms with E-state index in [1.54, 1.807) is 16.8 Å². The first-order chi connectivity index (χ1) is 11.3. The topological polar surface area (TPSA) is 63.7 Å². The zero-order valence-corrected chi connectivity index (χ0v) is 13.6. The molecule has 1 aromatic carbocycles. The smallest absolute Gasteiger partial charge is 0.254 e. The minimum atomic E-state index is -0.432. The van der Waals surface area contributed by atoms with Gasteiger partial charge in [0.15, 0.2) is 0 Å². The molecule has 1 aromatic heterocycles. The molecule has 23 heavy (non-hydrogen) atoms. The molecule has 6 nitrogen and oxygen atoms in total. The van der Waals surface area contributed by atoms with E-state index in [0.717, 1.165) is 16.8 Å². The molecule has 2 aromatic rings. The van der Waals surface area contributed by atoms with Gasteiger partial charge in [-0.3, -0.25) is 4.79 Å². The van der Waals surface area contributed by atoms with Gasteiger partial charge in [0.05, 0.1) is 42.1 Å². The number of amides is 1. The SMILES string of the molecule is O=C(c1ccc2ncsc2c1)N1CCO[C@@]2(CNCCOC2)C1. The molecular weight excluding hydrogens is 314 g/mol. The molecule has 2 aliphatic heterocycles. The van der Waals surface area contributed by atoms with E-state index in [1.807, 2.05) is 23.1 Å². The van der Waals surface area contributed by atoms with Crippen molar-refractivity contribution in [2.24, 2.45) is 0 Å². The standard InChI is InChI=1S/C16H19N3O3S/c20-15(12-1-2-13-14(7-12)23-11-18-13)19-4-6-22-16(9-19)8-17-3-5-21-10-16/h1-2,7,11,17H,3-6,8-10H2/t16-/m0/s1. The number of ether oxygens (including phenoxy) is 2. The maximum absolute atomic E-state index is 12.9. The third-order valence-corrected chi connectivity index (χ3v) is 5.14. The fourth-order valence-electron chi connectivity index (χ4n) is 3.15. The van der Waals surface area contributed by atoms with E-state index < -0.39 is 5.60 Å². The summed E-state index contributed by atoms with van der Waals surface area (Å²) in [5.41, 5.74) is 3.02. The lowest BCUT2D eigenvalue weighted by Gasteiger charge is -2.41. The van der Waals surface area contributed by atoms with Gasteiger partial charge in [-0.05, 0) is 18.2 Å². The molecule has 2 saturated heterocycles. The van der Waals surface area contributed by atoms with Crippen molar-refractivity contribution in [2.75, 3.05) is 46.0 Å². The van der Waals surface area contributed by atoms with Crippen LogP contribution in [0.5, 0.6) is 0 Å². The first-order valence-electron chi connectivity index (χ1n) is 7.81. The predicted molar refractivity (Wildman–Crippen MR) is 87.9 cm³/mol. The molecule has 3 heterocycles. The van der Waals surface area contributed by atoms with Crippen LogP contribution in [0, 0.1) is 0 Å². The number of nitrogens with one attached hydrogen (secondary N) is 1. The van der Waals surface area contributed by atoms with Crippen LogP contribution in [0.1, 0.15) is 10.4 Å². The Morgan fingerprint density at radius 1 is 1.39 bits per heavy atom. The molecule has 4 rings (SSSR count). The third-order valence-electron chi connectivity index (χ3n) is 4.35. The zero-order chi connectivity index (χ0) is 15.7. The average Bonchev–Trinajstić information content (AvgIpc) is 2.94. The highest BCUT2D eigenvalue weighted by Crippen LogP contribution is 2.23. The quantitative estimate of drug-likeness (QED) is 0.847. The highest BCUT2D eigenvalue weighted by molar-refractivity contribution is 7.16. The number of morpholine rings is 1. The highest BCUT2D eigenvalue weighted by Gasteiger charge is 2.39. The van der Waals surface area contributed by atoms with Crippen LogP contribution >= 0.6 is 11.3 Å². The second kappa shape index (κ2) is 6.16. The van der Waals surface area contributed by atoms with Gasteiger partial charge >= 0.3 is 0 Å². The van der Waals surface area contributed by atoms with Gasteiger partial charge in [-0.25, -0.2) is 4.98 Å². The van der Waals surface area contributed by atoms with Crippen LogP contribution in [-0.2, 0) is 9.47 Å². The van der Waals surface area contributed by atoms with Crippen molar-refractivity contribution in [3.63, 3.8) is 0 Å². The van der Waals surface area contributed by atoms with Crippen molar-refractivity contribution in [3.05, 3.63) is 29.3 Å². The van der Waals surface area contributed by atoms with Crippen LogP contribution in [0.2, 0.25) is 0 Å². The second-order valence-electron chi connectivity index (χ2n) is 6.02. The van der Waals surface area contributed by atoms with Crippen molar-refractivity contribution >= 4 is 27.5 Å². The number of rotatable bonds is 1. The van der Waals surface area contributed by atoms with Gasteiger partial charge in [0, 0.05) is 25.2 Å². The van der Waals surface area contributed by atoms with Crippen LogP contribution in [-0.4, -0.2) is 67.4 Å². The minimum absolute atomic E-state index is 0.0484. The fourth-order valence-corrected chi connectivity index (χ4v) is 3.87. The molecule has 0 radical (unpaired) electrons. The van der Waals surface area contributed by atoms with Crippen LogP contribution in [0.3, 0.4) is 0 Å². The van der Waals surface area contributed by atoms with E-state index in [9.17, 15) is 4.79 Å². The Bertz CT molecular complexity index is 709. The van der Waals surface area contributed by atoms with E-state index in [-0.39, 0.29) is 5.91 Å². The maximum Gasteiger partial charge on any atom is 0.254 e. The van der Waals surface area contributed by atoms with Gasteiger partial charge in [-0.1, -0.05) is 0 Å². The third kappa shape index (κ3) is 2.97. The second-order valence-corrected chi connectivity index (χ2v) is 6.91. The lowest BCUT2D eigenvalue weighted by Crippen LogP contribution is -2.59. The van der Waals surface area contributed by atoms with Crippen LogP contribution in [0.25, 0.3) is 10.2 Å². The van der Waals surface area contributed by atoms with E-state index in [2.05, 4.69) is 10.3 Å². The summed E-state index contributed by atoms with van der Waals surface area (Å²) in [6.45, 7) is 4.45. The molecule has 1 N–H and O–H groups in total. The lowest BCUT2D eigenvalue weighted by molar-refractivity contribution is -0.125. The molecule has 0 aliphatic carbocycles. The summed E-state index contributed by atoms with van der Waals surface area (Å²) in [5.74, 6) is 0.0484. The van der Waals surface area contributed by atoms with Gasteiger partial charge in [-0.15, -0.1) is 11.3 Å². The number of aromatic nitrogens is 1. The Hall–Kier alpha value is -1.54. The van der Waals surface area contributed by atoms with Gasteiger partial charge in [0.25, 0.3) is 5.91 Å². The van der Waals surface area contributed by atoms with Crippen molar-refractivity contribution in [1.29, 1.82) is 0 Å². The number of nitrogens with zero attached hydrogens (tertiary/aromatic N) is 2. The summed E-state index contributed by atoms with van der Waals surface area (Å²) >= 11 is 1.55. The number of hydrogen-bond donors (Lipinski definition) is 1. The molecular formula is C16H19N3O3S. The number of carbonyl (C=O) groups is 1. The summed E-state index contributed by atoms with van der Waals surface area (Å²) in [6.07, 6.45) is 0. The molecule has 0 unspecified atom stereocenters. The Balaban J connectivity index is 1.55. The molecule has 2 aliphatic rings. The number of carbonyl (C=O) groups excluding carboxylic acids is 1. The van der Waals surface area contributed by atoms with Gasteiger partial charge in [0.2, 0.25) is 0 Å². The lowest BCUT2D eigenvalue weighted by atomic mass is 10.0. The molecule has 122 valence electrons. The Labute approximate surface area is 138 Å². The summed E-state index contributed by atoms with van der Waals surface area (Å²) in [4.78, 5) is 19.0. The molecule has 1 spiro atoms. The zero-order valence-electron chi connectivity index (χ0n) is 12.8. The molecule has 2 fully saturated rings. The van der Waals surface area contributed by atoms with E-state index in [4.69, 9.17) is 9.47 Å². The monoisotopic (exact) mass is 333 g/mol. The van der Waals surface area contributed by atoms with Gasteiger partial charge in [-0.2, -0.15) is 0 Å². The van der Waals surface area contributed by atoms with Crippen molar-refractivity contribution in [3.8, 4) is 0 Å². The number of fused-ring (bicyclic) bond motifs is 1. The van der Waals surface area contributed by atoms with Crippen molar-refractivity contribution in [2.45, 2.75) is 5.60 Å². The summed E-state index contributed by atoms with van der Waals surface area (Å²) in [5, 5.41) is 3.33. The molecule has 1 amide bonds. The normalized spacial score (nSPS) is 25.7. The largest absolute Gasteiger partial charge is 0.377 e. The molecule has 0 saturated carbocycles. The average molecular weight is 333 g/mol. The minimum Gasteiger partial charge on any atom is -0.377 e. The summed E-state index contributed by atoms with van der Waals surface area (Å²) < 4.78 is 12.6. The fraction of sp³-hybridized carbons (Fsp3) is 0.500. The first-order valence-corrected chi connectivity index (χ1v) is 8.69. The maximum atomic E-state index is 12.9. The summed E-state index contributed by atoms with van der Waals surface area (Å²) in [6, 6.07) is 5.69.